The van der Waals surface area contributed by atoms with E-state index in [1.807, 2.05) is 25.3 Å². The van der Waals surface area contributed by atoms with E-state index in [4.69, 9.17) is 5.73 Å². The molecule has 0 radical (unpaired) electrons. The van der Waals surface area contributed by atoms with Gasteiger partial charge in [0, 0.05) is 27.6 Å². The summed E-state index contributed by atoms with van der Waals surface area (Å²) in [7, 11) is 0. The Labute approximate surface area is 121 Å². The second kappa shape index (κ2) is 6.50. The molecule has 2 N–H and O–H groups in total. The molecule has 0 saturated heterocycles. The van der Waals surface area contributed by atoms with E-state index in [0.717, 1.165) is 21.3 Å². The summed E-state index contributed by atoms with van der Waals surface area (Å²) in [5.41, 5.74) is 7.65. The quantitative estimate of drug-likeness (QED) is 0.905. The average Bonchev–Trinajstić information content (AvgIpc) is 2.79. The summed E-state index contributed by atoms with van der Waals surface area (Å²) in [6.07, 6.45) is 1.41. The van der Waals surface area contributed by atoms with E-state index >= 15 is 0 Å². The Hall–Kier alpha value is -0.910. The standard InChI is InChI=1S/C14H17FN2S2/c1-3-10(16)7-11-12(15)5-4-6-13(11)19-14-17-9(2)8-18-14/h4-6,8,10H,3,7,16H2,1-2H3. The molecule has 0 saturated carbocycles. The first-order valence-corrected chi connectivity index (χ1v) is 7.92. The number of nitrogens with zero attached hydrogens (tertiary/aromatic N) is 1. The van der Waals surface area contributed by atoms with Gasteiger partial charge in [-0.25, -0.2) is 9.37 Å². The van der Waals surface area contributed by atoms with E-state index in [2.05, 4.69) is 4.98 Å². The molecule has 0 aliphatic rings. The number of thiazole rings is 1. The van der Waals surface area contributed by atoms with E-state index in [0.29, 0.717) is 12.0 Å². The molecular formula is C14H17FN2S2. The van der Waals surface area contributed by atoms with Crippen LogP contribution in [0.5, 0.6) is 0 Å². The second-order valence-electron chi connectivity index (χ2n) is 4.45. The summed E-state index contributed by atoms with van der Waals surface area (Å²) in [5, 5.41) is 2.00. The number of benzene rings is 1. The Kier molecular flexibility index (Phi) is 4.96. The van der Waals surface area contributed by atoms with Crippen molar-refractivity contribution in [2.45, 2.75) is 42.0 Å². The highest BCUT2D eigenvalue weighted by Crippen LogP contribution is 2.34. The highest BCUT2D eigenvalue weighted by molar-refractivity contribution is 8.01. The highest BCUT2D eigenvalue weighted by atomic mass is 32.2. The highest BCUT2D eigenvalue weighted by Gasteiger charge is 2.13. The number of hydrogen-bond acceptors (Lipinski definition) is 4. The Balaban J connectivity index is 2.26. The normalized spacial score (nSPS) is 12.6. The van der Waals surface area contributed by atoms with Crippen molar-refractivity contribution >= 4 is 23.1 Å². The van der Waals surface area contributed by atoms with Gasteiger partial charge in [-0.15, -0.1) is 11.3 Å². The van der Waals surface area contributed by atoms with Crippen LogP contribution in [0.1, 0.15) is 24.6 Å². The number of halogens is 1. The molecule has 0 fully saturated rings. The van der Waals surface area contributed by atoms with Gasteiger partial charge in [0.25, 0.3) is 0 Å². The maximum atomic E-state index is 14.0. The molecule has 0 bridgehead atoms. The first kappa shape index (κ1) is 14.5. The number of nitrogens with two attached hydrogens (primary N) is 1. The molecule has 0 spiro atoms. The van der Waals surface area contributed by atoms with Crippen LogP contribution in [0, 0.1) is 12.7 Å². The lowest BCUT2D eigenvalue weighted by Crippen LogP contribution is -2.22. The average molecular weight is 296 g/mol. The first-order chi connectivity index (χ1) is 9.10. The zero-order valence-corrected chi connectivity index (χ0v) is 12.7. The molecule has 1 aromatic heterocycles. The lowest BCUT2D eigenvalue weighted by atomic mass is 10.0. The van der Waals surface area contributed by atoms with E-state index in [1.54, 1.807) is 17.4 Å². The fourth-order valence-corrected chi connectivity index (χ4v) is 3.67. The molecule has 0 aliphatic carbocycles. The maximum Gasteiger partial charge on any atom is 0.154 e. The van der Waals surface area contributed by atoms with Crippen LogP contribution in [0.15, 0.2) is 32.8 Å². The molecule has 102 valence electrons. The SMILES string of the molecule is CCC(N)Cc1c(F)cccc1Sc1nc(C)cs1. The summed E-state index contributed by atoms with van der Waals surface area (Å²) in [5.74, 6) is -0.179. The van der Waals surface area contributed by atoms with Gasteiger partial charge in [0.15, 0.2) is 4.34 Å². The predicted octanol–water partition coefficient (Wildman–Crippen LogP) is 4.02. The Morgan fingerprint density at radius 1 is 1.47 bits per heavy atom. The Morgan fingerprint density at radius 2 is 2.26 bits per heavy atom. The zero-order valence-electron chi connectivity index (χ0n) is 11.0. The number of aromatic nitrogens is 1. The minimum Gasteiger partial charge on any atom is -0.327 e. The van der Waals surface area contributed by atoms with Crippen LogP contribution < -0.4 is 5.73 Å². The van der Waals surface area contributed by atoms with Crippen molar-refractivity contribution in [3.05, 3.63) is 40.7 Å². The lowest BCUT2D eigenvalue weighted by Gasteiger charge is -2.13. The third kappa shape index (κ3) is 3.78. The number of aryl methyl sites for hydroxylation is 1. The molecule has 0 aliphatic heterocycles. The summed E-state index contributed by atoms with van der Waals surface area (Å²) in [4.78, 5) is 5.32. The molecular weight excluding hydrogens is 279 g/mol. The van der Waals surface area contributed by atoms with Gasteiger partial charge < -0.3 is 5.73 Å². The minimum absolute atomic E-state index is 0.00530. The zero-order chi connectivity index (χ0) is 13.8. The Bertz CT molecular complexity index is 554. The summed E-state index contributed by atoms with van der Waals surface area (Å²) in [6, 6.07) is 5.16. The van der Waals surface area contributed by atoms with Crippen molar-refractivity contribution < 1.29 is 4.39 Å². The monoisotopic (exact) mass is 296 g/mol. The largest absolute Gasteiger partial charge is 0.327 e. The topological polar surface area (TPSA) is 38.9 Å². The molecule has 1 atom stereocenters. The van der Waals surface area contributed by atoms with Gasteiger partial charge in [0.1, 0.15) is 5.82 Å². The molecule has 2 rings (SSSR count). The van der Waals surface area contributed by atoms with Crippen LogP contribution in [0.25, 0.3) is 0 Å². The van der Waals surface area contributed by atoms with Crippen molar-refractivity contribution in [1.82, 2.24) is 4.98 Å². The third-order valence-corrected chi connectivity index (χ3v) is 5.02. The van der Waals surface area contributed by atoms with E-state index in [1.165, 1.54) is 17.8 Å². The van der Waals surface area contributed by atoms with Gasteiger partial charge in [0.05, 0.1) is 0 Å². The molecule has 1 aromatic carbocycles. The van der Waals surface area contributed by atoms with Crippen molar-refractivity contribution in [3.8, 4) is 0 Å². The van der Waals surface area contributed by atoms with Gasteiger partial charge >= 0.3 is 0 Å². The van der Waals surface area contributed by atoms with Crippen molar-refractivity contribution in [2.75, 3.05) is 0 Å². The van der Waals surface area contributed by atoms with Crippen LogP contribution in [0.3, 0.4) is 0 Å². The fourth-order valence-electron chi connectivity index (χ4n) is 1.71. The summed E-state index contributed by atoms with van der Waals surface area (Å²) in [6.45, 7) is 3.97. The molecule has 2 aromatic rings. The van der Waals surface area contributed by atoms with Gasteiger partial charge in [-0.3, -0.25) is 0 Å². The molecule has 2 nitrogen and oxygen atoms in total. The minimum atomic E-state index is -0.179. The van der Waals surface area contributed by atoms with Crippen molar-refractivity contribution in [1.29, 1.82) is 0 Å². The first-order valence-electron chi connectivity index (χ1n) is 6.23. The Morgan fingerprint density at radius 3 is 2.89 bits per heavy atom. The van der Waals surface area contributed by atoms with Gasteiger partial charge in [0.2, 0.25) is 0 Å². The molecule has 1 unspecified atom stereocenters. The van der Waals surface area contributed by atoms with E-state index in [-0.39, 0.29) is 11.9 Å². The molecule has 0 amide bonds. The van der Waals surface area contributed by atoms with E-state index < -0.39 is 0 Å². The molecule has 5 heteroatoms. The molecule has 19 heavy (non-hydrogen) atoms. The second-order valence-corrected chi connectivity index (χ2v) is 6.59. The number of hydrogen-bond donors (Lipinski definition) is 1. The smallest absolute Gasteiger partial charge is 0.154 e. The fraction of sp³-hybridized carbons (Fsp3) is 0.357. The van der Waals surface area contributed by atoms with Crippen LogP contribution in [0.2, 0.25) is 0 Å². The van der Waals surface area contributed by atoms with Crippen LogP contribution >= 0.6 is 23.1 Å². The molecule has 1 heterocycles. The van der Waals surface area contributed by atoms with Gasteiger partial charge in [-0.2, -0.15) is 0 Å². The summed E-state index contributed by atoms with van der Waals surface area (Å²) < 4.78 is 14.9. The van der Waals surface area contributed by atoms with E-state index in [9.17, 15) is 4.39 Å². The lowest BCUT2D eigenvalue weighted by molar-refractivity contribution is 0.571. The predicted molar refractivity (Wildman–Crippen MR) is 79.3 cm³/mol. The van der Waals surface area contributed by atoms with Gasteiger partial charge in [-0.05, 0) is 31.9 Å². The van der Waals surface area contributed by atoms with Crippen LogP contribution in [-0.2, 0) is 6.42 Å². The van der Waals surface area contributed by atoms with Crippen LogP contribution in [0.4, 0.5) is 4.39 Å². The number of rotatable bonds is 5. The van der Waals surface area contributed by atoms with Crippen molar-refractivity contribution in [3.63, 3.8) is 0 Å². The van der Waals surface area contributed by atoms with Gasteiger partial charge in [-0.1, -0.05) is 24.8 Å². The van der Waals surface area contributed by atoms with Crippen LogP contribution in [-0.4, -0.2) is 11.0 Å². The van der Waals surface area contributed by atoms with Crippen molar-refractivity contribution in [2.24, 2.45) is 5.73 Å². The summed E-state index contributed by atoms with van der Waals surface area (Å²) >= 11 is 3.10. The maximum absolute atomic E-state index is 14.0. The third-order valence-electron chi connectivity index (χ3n) is 2.86.